The molecule has 0 bridgehead atoms. The average Bonchev–Trinajstić information content (AvgIpc) is 3.62. The predicted molar refractivity (Wildman–Crippen MR) is 159 cm³/mol. The molecule has 1 saturated carbocycles. The fraction of sp³-hybridized carbons (Fsp3) is 0.375. The summed E-state index contributed by atoms with van der Waals surface area (Å²) in [6, 6.07) is 13.3. The molecule has 5 rings (SSSR count). The number of amides is 1. The number of hydrogen-bond donors (Lipinski definition) is 2. The summed E-state index contributed by atoms with van der Waals surface area (Å²) in [4.78, 5) is 29.3. The van der Waals surface area contributed by atoms with E-state index in [1.54, 1.807) is 28.9 Å². The third-order valence-electron chi connectivity index (χ3n) is 6.79. The van der Waals surface area contributed by atoms with E-state index in [0.29, 0.717) is 54.6 Å². The number of ketones is 1. The Morgan fingerprint density at radius 1 is 1.10 bits per heavy atom. The molecule has 220 valence electrons. The average molecular weight is 574 g/mol. The van der Waals surface area contributed by atoms with Crippen molar-refractivity contribution in [3.05, 3.63) is 71.7 Å². The Bertz CT molecular complexity index is 1610. The SMILES string of the molecule is Cc1cc(-c2cnc3c(NCCCNC(=O)OC(C)(C)C)cc(Oc4cccc(F)c4)nn23)ccc1C(=O)CC1CC1. The summed E-state index contributed by atoms with van der Waals surface area (Å²) >= 11 is 0. The minimum Gasteiger partial charge on any atom is -0.444 e. The minimum absolute atomic E-state index is 0.177. The molecule has 42 heavy (non-hydrogen) atoms. The van der Waals surface area contributed by atoms with Crippen LogP contribution in [0.15, 0.2) is 54.7 Å². The van der Waals surface area contributed by atoms with Crippen LogP contribution in [-0.2, 0) is 4.74 Å². The molecule has 10 heteroatoms. The number of carbonyl (C=O) groups excluding carboxylic acids is 2. The number of anilines is 1. The highest BCUT2D eigenvalue weighted by molar-refractivity contribution is 5.98. The molecule has 1 aliphatic carbocycles. The number of aryl methyl sites for hydroxylation is 1. The van der Waals surface area contributed by atoms with Crippen molar-refractivity contribution in [1.29, 1.82) is 0 Å². The number of nitrogens with one attached hydrogen (secondary N) is 2. The highest BCUT2D eigenvalue weighted by Crippen LogP contribution is 2.35. The van der Waals surface area contributed by atoms with Crippen LogP contribution >= 0.6 is 0 Å². The lowest BCUT2D eigenvalue weighted by Gasteiger charge is -2.19. The molecule has 0 unspecified atom stereocenters. The summed E-state index contributed by atoms with van der Waals surface area (Å²) in [6.07, 6.45) is 4.74. The number of hydrogen-bond acceptors (Lipinski definition) is 7. The number of carbonyl (C=O) groups is 2. The van der Waals surface area contributed by atoms with Gasteiger partial charge < -0.3 is 20.1 Å². The third kappa shape index (κ3) is 7.43. The fourth-order valence-electron chi connectivity index (χ4n) is 4.62. The Hall–Kier alpha value is -4.47. The number of rotatable bonds is 11. The summed E-state index contributed by atoms with van der Waals surface area (Å²) in [5, 5.41) is 10.8. The van der Waals surface area contributed by atoms with Crippen molar-refractivity contribution in [2.45, 2.75) is 59.0 Å². The van der Waals surface area contributed by atoms with Crippen LogP contribution in [0.4, 0.5) is 14.9 Å². The Labute approximate surface area is 244 Å². The molecular weight excluding hydrogens is 537 g/mol. The lowest BCUT2D eigenvalue weighted by atomic mass is 9.98. The normalized spacial score (nSPS) is 13.2. The van der Waals surface area contributed by atoms with Crippen LogP contribution in [0, 0.1) is 18.7 Å². The first-order chi connectivity index (χ1) is 20.1. The second-order valence-corrected chi connectivity index (χ2v) is 11.6. The summed E-state index contributed by atoms with van der Waals surface area (Å²) in [6.45, 7) is 8.33. The lowest BCUT2D eigenvalue weighted by Crippen LogP contribution is -2.33. The molecule has 1 aliphatic rings. The van der Waals surface area contributed by atoms with Gasteiger partial charge in [-0.15, -0.1) is 5.10 Å². The van der Waals surface area contributed by atoms with E-state index < -0.39 is 17.5 Å². The van der Waals surface area contributed by atoms with Crippen LogP contribution in [0.5, 0.6) is 11.6 Å². The van der Waals surface area contributed by atoms with Crippen molar-refractivity contribution in [1.82, 2.24) is 19.9 Å². The highest BCUT2D eigenvalue weighted by Gasteiger charge is 2.26. The van der Waals surface area contributed by atoms with Crippen LogP contribution in [-0.4, -0.2) is 45.2 Å². The van der Waals surface area contributed by atoms with Crippen molar-refractivity contribution in [3.63, 3.8) is 0 Å². The van der Waals surface area contributed by atoms with Crippen LogP contribution in [0.3, 0.4) is 0 Å². The van der Waals surface area contributed by atoms with E-state index in [1.165, 1.54) is 12.1 Å². The smallest absolute Gasteiger partial charge is 0.407 e. The summed E-state index contributed by atoms with van der Waals surface area (Å²) < 4.78 is 26.7. The monoisotopic (exact) mass is 573 g/mol. The molecule has 1 fully saturated rings. The minimum atomic E-state index is -0.563. The molecule has 2 aromatic heterocycles. The van der Waals surface area contributed by atoms with Crippen molar-refractivity contribution in [3.8, 4) is 22.9 Å². The maximum Gasteiger partial charge on any atom is 0.407 e. The topological polar surface area (TPSA) is 107 Å². The molecule has 2 aromatic carbocycles. The molecule has 2 heterocycles. The number of halogens is 1. The maximum atomic E-state index is 13.8. The zero-order chi connectivity index (χ0) is 29.9. The molecular formula is C32H36FN5O4. The van der Waals surface area contributed by atoms with Gasteiger partial charge in [-0.2, -0.15) is 0 Å². The van der Waals surface area contributed by atoms with Crippen LogP contribution in [0.2, 0.25) is 0 Å². The third-order valence-corrected chi connectivity index (χ3v) is 6.79. The number of aromatic nitrogens is 3. The van der Waals surface area contributed by atoms with E-state index in [1.807, 2.05) is 45.9 Å². The fourth-order valence-corrected chi connectivity index (χ4v) is 4.62. The van der Waals surface area contributed by atoms with Crippen LogP contribution < -0.4 is 15.4 Å². The second kappa shape index (κ2) is 12.2. The summed E-state index contributed by atoms with van der Waals surface area (Å²) in [5.74, 6) is 0.839. The van der Waals surface area contributed by atoms with Gasteiger partial charge in [0.2, 0.25) is 5.88 Å². The molecule has 0 radical (unpaired) electrons. The van der Waals surface area contributed by atoms with Gasteiger partial charge in [0, 0.05) is 42.8 Å². The van der Waals surface area contributed by atoms with Gasteiger partial charge in [0.25, 0.3) is 0 Å². The van der Waals surface area contributed by atoms with E-state index in [0.717, 1.165) is 29.5 Å². The molecule has 0 aliphatic heterocycles. The Morgan fingerprint density at radius 2 is 1.90 bits per heavy atom. The first-order valence-corrected chi connectivity index (χ1v) is 14.2. The standard InChI is InChI=1S/C32H36FN5O4/c1-20-15-22(11-12-25(20)28(39)16-21-9-10-21)27-19-36-30-26(34-13-6-14-35-31(40)42-32(2,3)4)18-29(37-38(27)30)41-24-8-5-7-23(33)17-24/h5,7-8,11-12,15,17-19,21,34H,6,9-10,13-14,16H2,1-4H3,(H,35,40). The largest absolute Gasteiger partial charge is 0.444 e. The first-order valence-electron chi connectivity index (χ1n) is 14.2. The van der Waals surface area contributed by atoms with Gasteiger partial charge in [-0.3, -0.25) is 4.79 Å². The number of ether oxygens (including phenoxy) is 2. The van der Waals surface area contributed by atoms with E-state index in [-0.39, 0.29) is 11.7 Å². The second-order valence-electron chi connectivity index (χ2n) is 11.6. The van der Waals surface area contributed by atoms with Crippen molar-refractivity contribution in [2.24, 2.45) is 5.92 Å². The summed E-state index contributed by atoms with van der Waals surface area (Å²) in [5.41, 5.74) is 3.88. The van der Waals surface area contributed by atoms with E-state index in [2.05, 4.69) is 20.7 Å². The van der Waals surface area contributed by atoms with E-state index >= 15 is 0 Å². The number of alkyl carbamates (subject to hydrolysis) is 1. The van der Waals surface area contributed by atoms with Gasteiger partial charge >= 0.3 is 6.09 Å². The quantitative estimate of drug-likeness (QED) is 0.148. The number of Topliss-reactive ketones (excluding diaryl/α,β-unsaturated/α-hetero) is 1. The van der Waals surface area contributed by atoms with Gasteiger partial charge in [-0.25, -0.2) is 18.7 Å². The van der Waals surface area contributed by atoms with Crippen molar-refractivity contribution >= 4 is 23.2 Å². The van der Waals surface area contributed by atoms with Gasteiger partial charge in [-0.05, 0) is 76.6 Å². The molecule has 4 aromatic rings. The van der Waals surface area contributed by atoms with Gasteiger partial charge in [0.15, 0.2) is 11.4 Å². The lowest BCUT2D eigenvalue weighted by molar-refractivity contribution is 0.0527. The van der Waals surface area contributed by atoms with Crippen molar-refractivity contribution < 1.29 is 23.5 Å². The van der Waals surface area contributed by atoms with Crippen LogP contribution in [0.25, 0.3) is 16.9 Å². The Morgan fingerprint density at radius 3 is 2.62 bits per heavy atom. The van der Waals surface area contributed by atoms with E-state index in [4.69, 9.17) is 9.47 Å². The zero-order valence-corrected chi connectivity index (χ0v) is 24.4. The number of benzene rings is 2. The number of fused-ring (bicyclic) bond motifs is 1. The molecule has 2 N–H and O–H groups in total. The Balaban J connectivity index is 1.38. The molecule has 0 saturated heterocycles. The van der Waals surface area contributed by atoms with Gasteiger partial charge in [0.05, 0.1) is 17.6 Å². The molecule has 9 nitrogen and oxygen atoms in total. The van der Waals surface area contributed by atoms with Crippen molar-refractivity contribution in [2.75, 3.05) is 18.4 Å². The van der Waals surface area contributed by atoms with Gasteiger partial charge in [-0.1, -0.05) is 18.2 Å². The number of imidazole rings is 1. The highest BCUT2D eigenvalue weighted by atomic mass is 19.1. The van der Waals surface area contributed by atoms with Gasteiger partial charge in [0.1, 0.15) is 17.2 Å². The zero-order valence-electron chi connectivity index (χ0n) is 24.4. The number of nitrogens with zero attached hydrogens (tertiary/aromatic N) is 3. The Kier molecular flexibility index (Phi) is 8.42. The first kappa shape index (κ1) is 29.0. The van der Waals surface area contributed by atoms with Crippen LogP contribution in [0.1, 0.15) is 62.4 Å². The molecule has 0 spiro atoms. The molecule has 0 atom stereocenters. The summed E-state index contributed by atoms with van der Waals surface area (Å²) in [7, 11) is 0. The molecule has 1 amide bonds. The predicted octanol–water partition coefficient (Wildman–Crippen LogP) is 6.95. The maximum absolute atomic E-state index is 13.8. The van der Waals surface area contributed by atoms with E-state index in [9.17, 15) is 14.0 Å².